The van der Waals surface area contributed by atoms with Crippen molar-refractivity contribution in [1.29, 1.82) is 5.26 Å². The van der Waals surface area contributed by atoms with Crippen molar-refractivity contribution < 1.29 is 0 Å². The zero-order valence-corrected chi connectivity index (χ0v) is 10.9. The van der Waals surface area contributed by atoms with E-state index >= 15 is 0 Å². The summed E-state index contributed by atoms with van der Waals surface area (Å²) in [6.07, 6.45) is 1.62. The van der Waals surface area contributed by atoms with Gasteiger partial charge in [0.2, 0.25) is 0 Å². The van der Waals surface area contributed by atoms with Crippen LogP contribution < -0.4 is 10.6 Å². The standard InChI is InChI=1S/C12H16N4S/c1-8-6-16(7-9(2)17-8)12-10(4-13)3-11(14)5-15-12/h3,5,8-9H,6-7,14H2,1-2H3. The van der Waals surface area contributed by atoms with Gasteiger partial charge in [0.15, 0.2) is 0 Å². The van der Waals surface area contributed by atoms with Crippen LogP contribution in [0.4, 0.5) is 11.5 Å². The van der Waals surface area contributed by atoms with E-state index in [0.29, 0.717) is 21.8 Å². The first-order chi connectivity index (χ1) is 8.10. The maximum Gasteiger partial charge on any atom is 0.146 e. The van der Waals surface area contributed by atoms with Crippen LogP contribution in [0.1, 0.15) is 19.4 Å². The second kappa shape index (κ2) is 4.84. The minimum atomic E-state index is 0.540. The fraction of sp³-hybridized carbons (Fsp3) is 0.500. The van der Waals surface area contributed by atoms with Crippen LogP contribution in [-0.4, -0.2) is 28.6 Å². The molecule has 1 saturated heterocycles. The molecular formula is C12H16N4S. The van der Waals surface area contributed by atoms with E-state index in [9.17, 15) is 0 Å². The number of nitrogens with zero attached hydrogens (tertiary/aromatic N) is 3. The molecular weight excluding hydrogens is 232 g/mol. The number of thioether (sulfide) groups is 1. The van der Waals surface area contributed by atoms with E-state index in [1.54, 1.807) is 12.3 Å². The summed E-state index contributed by atoms with van der Waals surface area (Å²) in [4.78, 5) is 6.50. The third kappa shape index (κ3) is 2.64. The zero-order chi connectivity index (χ0) is 12.4. The van der Waals surface area contributed by atoms with Gasteiger partial charge in [0.1, 0.15) is 11.9 Å². The summed E-state index contributed by atoms with van der Waals surface area (Å²) in [7, 11) is 0. The predicted molar refractivity (Wildman–Crippen MR) is 72.1 cm³/mol. The highest BCUT2D eigenvalue weighted by atomic mass is 32.2. The largest absolute Gasteiger partial charge is 0.397 e. The number of nitrogens with two attached hydrogens (primary N) is 1. The molecule has 0 spiro atoms. The Morgan fingerprint density at radius 1 is 1.47 bits per heavy atom. The van der Waals surface area contributed by atoms with Crippen molar-refractivity contribution in [3.05, 3.63) is 17.8 Å². The van der Waals surface area contributed by atoms with Gasteiger partial charge < -0.3 is 10.6 Å². The molecule has 0 radical (unpaired) electrons. The number of hydrogen-bond donors (Lipinski definition) is 1. The van der Waals surface area contributed by atoms with E-state index in [0.717, 1.165) is 18.9 Å². The van der Waals surface area contributed by atoms with Crippen LogP contribution in [-0.2, 0) is 0 Å². The summed E-state index contributed by atoms with van der Waals surface area (Å²) in [5.41, 5.74) is 6.76. The molecule has 0 saturated carbocycles. The number of rotatable bonds is 1. The highest BCUT2D eigenvalue weighted by Crippen LogP contribution is 2.29. The molecule has 1 fully saturated rings. The summed E-state index contributed by atoms with van der Waals surface area (Å²) >= 11 is 1.98. The molecule has 4 nitrogen and oxygen atoms in total. The molecule has 1 aliphatic heterocycles. The molecule has 17 heavy (non-hydrogen) atoms. The summed E-state index contributed by atoms with van der Waals surface area (Å²) < 4.78 is 0. The minimum absolute atomic E-state index is 0.540. The molecule has 0 aromatic carbocycles. The van der Waals surface area contributed by atoms with Crippen LogP contribution in [0, 0.1) is 11.3 Å². The van der Waals surface area contributed by atoms with Crippen molar-refractivity contribution in [2.24, 2.45) is 0 Å². The quantitative estimate of drug-likeness (QED) is 0.821. The van der Waals surface area contributed by atoms with Crippen molar-refractivity contribution in [3.8, 4) is 6.07 Å². The van der Waals surface area contributed by atoms with Crippen molar-refractivity contribution in [1.82, 2.24) is 4.98 Å². The van der Waals surface area contributed by atoms with Crippen LogP contribution in [0.15, 0.2) is 12.3 Å². The molecule has 0 bridgehead atoms. The summed E-state index contributed by atoms with van der Waals surface area (Å²) in [6.45, 7) is 6.27. The summed E-state index contributed by atoms with van der Waals surface area (Å²) in [5.74, 6) is 0.765. The Hall–Kier alpha value is -1.41. The fourth-order valence-corrected chi connectivity index (χ4v) is 3.48. The van der Waals surface area contributed by atoms with E-state index < -0.39 is 0 Å². The first kappa shape index (κ1) is 12.1. The van der Waals surface area contributed by atoms with Crippen LogP contribution in [0.2, 0.25) is 0 Å². The number of nitrogen functional groups attached to an aromatic ring is 1. The van der Waals surface area contributed by atoms with E-state index in [1.807, 2.05) is 11.8 Å². The molecule has 0 amide bonds. The van der Waals surface area contributed by atoms with Gasteiger partial charge in [0.25, 0.3) is 0 Å². The first-order valence-electron chi connectivity index (χ1n) is 5.66. The lowest BCUT2D eigenvalue weighted by atomic mass is 10.2. The number of anilines is 2. The first-order valence-corrected chi connectivity index (χ1v) is 6.60. The third-order valence-electron chi connectivity index (χ3n) is 2.73. The molecule has 5 heteroatoms. The molecule has 1 aromatic heterocycles. The van der Waals surface area contributed by atoms with Crippen molar-refractivity contribution >= 4 is 23.3 Å². The van der Waals surface area contributed by atoms with Crippen LogP contribution >= 0.6 is 11.8 Å². The van der Waals surface area contributed by atoms with E-state index in [1.165, 1.54) is 0 Å². The Bertz CT molecular complexity index is 444. The normalized spacial score (nSPS) is 24.4. The summed E-state index contributed by atoms with van der Waals surface area (Å²) in [6, 6.07) is 3.87. The molecule has 2 N–H and O–H groups in total. The van der Waals surface area contributed by atoms with Gasteiger partial charge in [-0.2, -0.15) is 17.0 Å². The molecule has 2 heterocycles. The van der Waals surface area contributed by atoms with Gasteiger partial charge in [-0.05, 0) is 6.07 Å². The highest BCUT2D eigenvalue weighted by Gasteiger charge is 2.24. The Kier molecular flexibility index (Phi) is 3.43. The molecule has 2 unspecified atom stereocenters. The molecule has 90 valence electrons. The maximum absolute atomic E-state index is 9.13. The molecule has 0 aliphatic carbocycles. The number of aromatic nitrogens is 1. The van der Waals surface area contributed by atoms with Crippen molar-refractivity contribution in [2.45, 2.75) is 24.3 Å². The van der Waals surface area contributed by atoms with Gasteiger partial charge >= 0.3 is 0 Å². The lowest BCUT2D eigenvalue weighted by molar-refractivity contribution is 0.718. The highest BCUT2D eigenvalue weighted by molar-refractivity contribution is 8.00. The van der Waals surface area contributed by atoms with Gasteiger partial charge in [-0.25, -0.2) is 4.98 Å². The monoisotopic (exact) mass is 248 g/mol. The molecule has 2 atom stereocenters. The average Bonchev–Trinajstić information content (AvgIpc) is 2.27. The Balaban J connectivity index is 2.30. The van der Waals surface area contributed by atoms with Crippen LogP contribution in [0.5, 0.6) is 0 Å². The number of pyridine rings is 1. The van der Waals surface area contributed by atoms with Gasteiger partial charge in [0, 0.05) is 23.6 Å². The average molecular weight is 248 g/mol. The van der Waals surface area contributed by atoms with Gasteiger partial charge in [0.05, 0.1) is 17.4 Å². The Morgan fingerprint density at radius 2 is 2.12 bits per heavy atom. The van der Waals surface area contributed by atoms with Crippen LogP contribution in [0.25, 0.3) is 0 Å². The lowest BCUT2D eigenvalue weighted by Crippen LogP contribution is -2.41. The second-order valence-corrected chi connectivity index (χ2v) is 6.30. The second-order valence-electron chi connectivity index (χ2n) is 4.41. The predicted octanol–water partition coefficient (Wildman–Crippen LogP) is 1.87. The maximum atomic E-state index is 9.13. The Labute approximate surface area is 106 Å². The third-order valence-corrected chi connectivity index (χ3v) is 3.95. The van der Waals surface area contributed by atoms with Gasteiger partial charge in [-0.15, -0.1) is 0 Å². The van der Waals surface area contributed by atoms with Crippen LogP contribution in [0.3, 0.4) is 0 Å². The Morgan fingerprint density at radius 3 is 2.71 bits per heavy atom. The van der Waals surface area contributed by atoms with Gasteiger partial charge in [-0.1, -0.05) is 13.8 Å². The topological polar surface area (TPSA) is 65.9 Å². The van der Waals surface area contributed by atoms with Gasteiger partial charge in [-0.3, -0.25) is 0 Å². The smallest absolute Gasteiger partial charge is 0.146 e. The summed E-state index contributed by atoms with van der Waals surface area (Å²) in [5, 5.41) is 10.2. The van der Waals surface area contributed by atoms with E-state index in [2.05, 4.69) is 29.8 Å². The SMILES string of the molecule is CC1CN(c2ncc(N)cc2C#N)CC(C)S1. The molecule has 2 rings (SSSR count). The number of nitriles is 1. The number of hydrogen-bond acceptors (Lipinski definition) is 5. The van der Waals surface area contributed by atoms with E-state index in [-0.39, 0.29) is 0 Å². The lowest BCUT2D eigenvalue weighted by Gasteiger charge is -2.35. The van der Waals surface area contributed by atoms with Crippen molar-refractivity contribution in [3.63, 3.8) is 0 Å². The van der Waals surface area contributed by atoms with E-state index in [4.69, 9.17) is 11.0 Å². The van der Waals surface area contributed by atoms with Crippen molar-refractivity contribution in [2.75, 3.05) is 23.7 Å². The molecule has 1 aliphatic rings. The fourth-order valence-electron chi connectivity index (χ4n) is 2.16. The zero-order valence-electron chi connectivity index (χ0n) is 10.1. The minimum Gasteiger partial charge on any atom is -0.397 e. The molecule has 1 aromatic rings.